The Bertz CT molecular complexity index is 426. The average molecular weight is 325 g/mol. The molecule has 1 saturated heterocycles. The second kappa shape index (κ2) is 6.53. The Morgan fingerprint density at radius 1 is 1.47 bits per heavy atom. The van der Waals surface area contributed by atoms with Crippen LogP contribution in [-0.4, -0.2) is 37.0 Å². The summed E-state index contributed by atoms with van der Waals surface area (Å²) in [7, 11) is 1.92. The van der Waals surface area contributed by atoms with Gasteiger partial charge in [-0.3, -0.25) is 4.79 Å². The van der Waals surface area contributed by atoms with E-state index in [4.69, 9.17) is 0 Å². The second-order valence-electron chi connectivity index (χ2n) is 5.31. The van der Waals surface area contributed by atoms with E-state index < -0.39 is 0 Å². The highest BCUT2D eigenvalue weighted by molar-refractivity contribution is 9.10. The number of hydrogen-bond acceptors (Lipinski definition) is 2. The number of benzene rings is 1. The number of rotatable bonds is 4. The number of nitrogens with zero attached hydrogens (tertiary/aromatic N) is 1. The molecule has 0 spiro atoms. The molecule has 2 unspecified atom stereocenters. The summed E-state index contributed by atoms with van der Waals surface area (Å²) >= 11 is 3.43. The van der Waals surface area contributed by atoms with Crippen LogP contribution >= 0.6 is 15.9 Å². The number of carbonyl (C=O) groups is 1. The number of halogens is 1. The summed E-state index contributed by atoms with van der Waals surface area (Å²) in [6, 6.07) is 8.59. The predicted octanol–water partition coefficient (Wildman–Crippen LogP) is 2.76. The van der Waals surface area contributed by atoms with Gasteiger partial charge in [-0.05, 0) is 36.6 Å². The van der Waals surface area contributed by atoms with Crippen molar-refractivity contribution in [3.63, 3.8) is 0 Å². The maximum Gasteiger partial charge on any atom is 0.223 e. The first-order chi connectivity index (χ1) is 9.08. The summed E-state index contributed by atoms with van der Waals surface area (Å²) in [5.41, 5.74) is 1.22. The lowest BCUT2D eigenvalue weighted by atomic mass is 9.97. The van der Waals surface area contributed by atoms with Crippen molar-refractivity contribution < 1.29 is 4.79 Å². The Kier molecular flexibility index (Phi) is 4.99. The number of hydrogen-bond donors (Lipinski definition) is 1. The highest BCUT2D eigenvalue weighted by atomic mass is 79.9. The molecule has 1 aromatic carbocycles. The highest BCUT2D eigenvalue weighted by Gasteiger charge is 2.24. The number of carbonyl (C=O) groups excluding carboxylic acids is 1. The molecule has 1 aliphatic rings. The van der Waals surface area contributed by atoms with E-state index in [1.165, 1.54) is 5.56 Å². The summed E-state index contributed by atoms with van der Waals surface area (Å²) in [5, 5.41) is 3.30. The van der Waals surface area contributed by atoms with Crippen LogP contribution in [-0.2, 0) is 4.79 Å². The Balaban J connectivity index is 1.92. The maximum atomic E-state index is 12.3. The first-order valence-electron chi connectivity index (χ1n) is 6.79. The number of likely N-dealkylation sites (N-methyl/N-ethyl adjacent to an activating group) is 1. The topological polar surface area (TPSA) is 32.3 Å². The molecule has 4 heteroatoms. The van der Waals surface area contributed by atoms with Crippen LogP contribution in [0.3, 0.4) is 0 Å². The molecule has 2 atom stereocenters. The Morgan fingerprint density at radius 3 is 2.74 bits per heavy atom. The minimum Gasteiger partial charge on any atom is -0.341 e. The van der Waals surface area contributed by atoms with Crippen molar-refractivity contribution in [3.8, 4) is 0 Å². The summed E-state index contributed by atoms with van der Waals surface area (Å²) in [4.78, 5) is 14.2. The highest BCUT2D eigenvalue weighted by Crippen LogP contribution is 2.22. The molecule has 2 rings (SSSR count). The second-order valence-corrected chi connectivity index (χ2v) is 6.22. The molecule has 0 aromatic heterocycles. The monoisotopic (exact) mass is 324 g/mol. The van der Waals surface area contributed by atoms with Crippen LogP contribution in [0, 0.1) is 0 Å². The van der Waals surface area contributed by atoms with Crippen molar-refractivity contribution in [2.75, 3.05) is 20.1 Å². The van der Waals surface area contributed by atoms with Gasteiger partial charge in [-0.15, -0.1) is 0 Å². The van der Waals surface area contributed by atoms with Gasteiger partial charge in [0.05, 0.1) is 0 Å². The van der Waals surface area contributed by atoms with E-state index in [1.807, 2.05) is 24.1 Å². The van der Waals surface area contributed by atoms with E-state index in [1.54, 1.807) is 0 Å². The molecule has 3 nitrogen and oxygen atoms in total. The van der Waals surface area contributed by atoms with E-state index in [-0.39, 0.29) is 11.8 Å². The number of nitrogens with one attached hydrogen (secondary N) is 1. The fourth-order valence-corrected chi connectivity index (χ4v) is 2.75. The van der Waals surface area contributed by atoms with Gasteiger partial charge in [-0.1, -0.05) is 35.0 Å². The van der Waals surface area contributed by atoms with Gasteiger partial charge < -0.3 is 10.2 Å². The third kappa shape index (κ3) is 3.80. The Labute approximate surface area is 123 Å². The molecular weight excluding hydrogens is 304 g/mol. The molecule has 1 fully saturated rings. The lowest BCUT2D eigenvalue weighted by molar-refractivity contribution is -0.132. The first kappa shape index (κ1) is 14.5. The summed E-state index contributed by atoms with van der Waals surface area (Å²) in [6.45, 7) is 4.06. The van der Waals surface area contributed by atoms with Gasteiger partial charge in [0, 0.05) is 30.5 Å². The number of amides is 1. The lowest BCUT2D eigenvalue weighted by Gasteiger charge is -2.25. The van der Waals surface area contributed by atoms with Gasteiger partial charge in [0.25, 0.3) is 0 Å². The third-order valence-corrected chi connectivity index (χ3v) is 4.42. The Hall–Kier alpha value is -0.870. The normalized spacial score (nSPS) is 20.3. The van der Waals surface area contributed by atoms with Crippen LogP contribution in [0.2, 0.25) is 0 Å². The van der Waals surface area contributed by atoms with Crippen LogP contribution in [0.5, 0.6) is 0 Å². The maximum absolute atomic E-state index is 12.3. The smallest absolute Gasteiger partial charge is 0.223 e. The van der Waals surface area contributed by atoms with Crippen molar-refractivity contribution >= 4 is 21.8 Å². The average Bonchev–Trinajstić information content (AvgIpc) is 2.92. The van der Waals surface area contributed by atoms with Gasteiger partial charge >= 0.3 is 0 Å². The van der Waals surface area contributed by atoms with E-state index in [0.29, 0.717) is 12.5 Å². The summed E-state index contributed by atoms with van der Waals surface area (Å²) < 4.78 is 1.07. The van der Waals surface area contributed by atoms with Crippen molar-refractivity contribution in [1.29, 1.82) is 0 Å². The Morgan fingerprint density at radius 2 is 2.16 bits per heavy atom. The zero-order chi connectivity index (χ0) is 13.8. The lowest BCUT2D eigenvalue weighted by Crippen LogP contribution is -2.38. The van der Waals surface area contributed by atoms with E-state index in [9.17, 15) is 4.79 Å². The largest absolute Gasteiger partial charge is 0.341 e. The SMILES string of the molecule is CC(CC(=O)N(C)C1CCNC1)c1ccc(Br)cc1. The molecule has 0 radical (unpaired) electrons. The van der Waals surface area contributed by atoms with Gasteiger partial charge in [0.1, 0.15) is 0 Å². The molecule has 0 aliphatic carbocycles. The van der Waals surface area contributed by atoms with Crippen molar-refractivity contribution in [3.05, 3.63) is 34.3 Å². The molecule has 19 heavy (non-hydrogen) atoms. The minimum atomic E-state index is 0.240. The standard InChI is InChI=1S/C15H21BrN2O/c1-11(12-3-5-13(16)6-4-12)9-15(19)18(2)14-7-8-17-10-14/h3-6,11,14,17H,7-10H2,1-2H3. The summed E-state index contributed by atoms with van der Waals surface area (Å²) in [6.07, 6.45) is 1.64. The van der Waals surface area contributed by atoms with Crippen molar-refractivity contribution in [2.45, 2.75) is 31.7 Å². The summed E-state index contributed by atoms with van der Waals surface area (Å²) in [5.74, 6) is 0.501. The van der Waals surface area contributed by atoms with E-state index in [2.05, 4.69) is 40.3 Å². The van der Waals surface area contributed by atoms with Crippen LogP contribution in [0.25, 0.3) is 0 Å². The zero-order valence-electron chi connectivity index (χ0n) is 11.5. The van der Waals surface area contributed by atoms with Gasteiger partial charge in [0.2, 0.25) is 5.91 Å². The first-order valence-corrected chi connectivity index (χ1v) is 7.59. The van der Waals surface area contributed by atoms with Gasteiger partial charge in [0.15, 0.2) is 0 Å². The zero-order valence-corrected chi connectivity index (χ0v) is 13.1. The van der Waals surface area contributed by atoms with E-state index in [0.717, 1.165) is 24.0 Å². The third-order valence-electron chi connectivity index (χ3n) is 3.90. The molecule has 104 valence electrons. The fourth-order valence-electron chi connectivity index (χ4n) is 2.49. The molecule has 1 heterocycles. The van der Waals surface area contributed by atoms with Crippen molar-refractivity contribution in [1.82, 2.24) is 10.2 Å². The molecule has 1 amide bonds. The fraction of sp³-hybridized carbons (Fsp3) is 0.533. The predicted molar refractivity (Wildman–Crippen MR) is 81.2 cm³/mol. The van der Waals surface area contributed by atoms with E-state index >= 15 is 0 Å². The molecule has 0 bridgehead atoms. The molecule has 1 N–H and O–H groups in total. The van der Waals surface area contributed by atoms with Gasteiger partial charge in [-0.2, -0.15) is 0 Å². The molecule has 1 aliphatic heterocycles. The van der Waals surface area contributed by atoms with Crippen LogP contribution in [0.15, 0.2) is 28.7 Å². The van der Waals surface area contributed by atoms with Crippen LogP contribution < -0.4 is 5.32 Å². The molecule has 0 saturated carbocycles. The van der Waals surface area contributed by atoms with Crippen LogP contribution in [0.1, 0.15) is 31.2 Å². The van der Waals surface area contributed by atoms with Crippen molar-refractivity contribution in [2.24, 2.45) is 0 Å². The minimum absolute atomic E-state index is 0.240. The molecular formula is C15H21BrN2O. The molecule has 1 aromatic rings. The quantitative estimate of drug-likeness (QED) is 0.923. The van der Waals surface area contributed by atoms with Gasteiger partial charge in [-0.25, -0.2) is 0 Å². The van der Waals surface area contributed by atoms with Crippen LogP contribution in [0.4, 0.5) is 0 Å².